The third-order valence-electron chi connectivity index (χ3n) is 7.08. The van der Waals surface area contributed by atoms with Crippen molar-refractivity contribution in [2.45, 2.75) is 44.2 Å². The number of anilines is 1. The zero-order valence-corrected chi connectivity index (χ0v) is 25.1. The van der Waals surface area contributed by atoms with E-state index in [0.29, 0.717) is 29.8 Å². The maximum absolute atomic E-state index is 14.4. The van der Waals surface area contributed by atoms with Crippen molar-refractivity contribution in [3.63, 3.8) is 0 Å². The summed E-state index contributed by atoms with van der Waals surface area (Å²) >= 11 is 0. The van der Waals surface area contributed by atoms with Gasteiger partial charge in [0.2, 0.25) is 11.8 Å². The van der Waals surface area contributed by atoms with Crippen molar-refractivity contribution in [2.75, 3.05) is 17.4 Å². The molecule has 1 unspecified atom stereocenters. The lowest BCUT2D eigenvalue weighted by atomic mass is 10.0. The number of hydrogen-bond acceptors (Lipinski definition) is 4. The predicted molar refractivity (Wildman–Crippen MR) is 166 cm³/mol. The Bertz CT molecular complexity index is 1610. The van der Waals surface area contributed by atoms with Crippen LogP contribution < -0.4 is 9.62 Å². The molecule has 0 aliphatic rings. The molecule has 0 fully saturated rings. The van der Waals surface area contributed by atoms with E-state index in [9.17, 15) is 22.4 Å². The van der Waals surface area contributed by atoms with Crippen LogP contribution in [0.3, 0.4) is 0 Å². The van der Waals surface area contributed by atoms with Crippen LogP contribution in [0.2, 0.25) is 0 Å². The molecule has 0 bridgehead atoms. The highest BCUT2D eigenvalue weighted by Crippen LogP contribution is 2.27. The average Bonchev–Trinajstić information content (AvgIpc) is 3.02. The number of halogens is 1. The van der Waals surface area contributed by atoms with Crippen LogP contribution >= 0.6 is 0 Å². The molecule has 7 nitrogen and oxygen atoms in total. The van der Waals surface area contributed by atoms with Gasteiger partial charge in [-0.05, 0) is 60.4 Å². The highest BCUT2D eigenvalue weighted by Gasteiger charge is 2.34. The van der Waals surface area contributed by atoms with Crippen molar-refractivity contribution in [2.24, 2.45) is 0 Å². The number of nitrogens with zero attached hydrogens (tertiary/aromatic N) is 2. The maximum atomic E-state index is 14.4. The van der Waals surface area contributed by atoms with Crippen LogP contribution in [-0.4, -0.2) is 44.3 Å². The molecule has 4 rings (SSSR count). The van der Waals surface area contributed by atoms with Crippen LogP contribution in [0.5, 0.6) is 0 Å². The first kappa shape index (κ1) is 31.4. The number of para-hydroxylation sites is 1. The van der Waals surface area contributed by atoms with E-state index >= 15 is 0 Å². The molecule has 4 aromatic carbocycles. The van der Waals surface area contributed by atoms with Crippen LogP contribution in [0, 0.1) is 12.7 Å². The van der Waals surface area contributed by atoms with E-state index in [1.165, 1.54) is 29.2 Å². The quantitative estimate of drug-likeness (QED) is 0.219. The third-order valence-corrected chi connectivity index (χ3v) is 8.85. The zero-order valence-electron chi connectivity index (χ0n) is 24.3. The standard InChI is InChI=1S/C34H36FN3O4S/c1-3-22-36-34(40)32(23-27-13-6-4-7-14-27)37(24-28-18-20-29(35)21-19-28)33(39)25-38(31-17-11-10-12-26(31)2)43(41,42)30-15-8-5-9-16-30/h4-21,32H,3,22-25H2,1-2H3,(H,36,40). The Kier molecular flexibility index (Phi) is 10.7. The second kappa shape index (κ2) is 14.6. The molecule has 224 valence electrons. The lowest BCUT2D eigenvalue weighted by Gasteiger charge is -2.34. The highest BCUT2D eigenvalue weighted by atomic mass is 32.2. The fourth-order valence-corrected chi connectivity index (χ4v) is 6.28. The zero-order chi connectivity index (χ0) is 30.8. The van der Waals surface area contributed by atoms with Crippen molar-refractivity contribution in [3.05, 3.63) is 132 Å². The van der Waals surface area contributed by atoms with E-state index in [1.807, 2.05) is 37.3 Å². The van der Waals surface area contributed by atoms with Crippen molar-refractivity contribution in [1.29, 1.82) is 0 Å². The Hall–Kier alpha value is -4.50. The summed E-state index contributed by atoms with van der Waals surface area (Å²) in [6, 6.07) is 28.9. The van der Waals surface area contributed by atoms with Gasteiger partial charge in [-0.3, -0.25) is 13.9 Å². The van der Waals surface area contributed by atoms with Gasteiger partial charge in [0.15, 0.2) is 0 Å². The normalized spacial score (nSPS) is 11.9. The highest BCUT2D eigenvalue weighted by molar-refractivity contribution is 7.92. The van der Waals surface area contributed by atoms with Crippen LogP contribution in [0.15, 0.2) is 114 Å². The van der Waals surface area contributed by atoms with Crippen LogP contribution in [0.4, 0.5) is 10.1 Å². The van der Waals surface area contributed by atoms with Gasteiger partial charge >= 0.3 is 0 Å². The van der Waals surface area contributed by atoms with Crippen molar-refractivity contribution in [3.8, 4) is 0 Å². The number of rotatable bonds is 13. The molecule has 9 heteroatoms. The summed E-state index contributed by atoms with van der Waals surface area (Å²) in [4.78, 5) is 29.4. The van der Waals surface area contributed by atoms with E-state index < -0.39 is 34.3 Å². The van der Waals surface area contributed by atoms with Crippen molar-refractivity contribution in [1.82, 2.24) is 10.2 Å². The maximum Gasteiger partial charge on any atom is 0.264 e. The summed E-state index contributed by atoms with van der Waals surface area (Å²) in [5.41, 5.74) is 2.46. The van der Waals surface area contributed by atoms with E-state index in [2.05, 4.69) is 5.32 Å². The van der Waals surface area contributed by atoms with Crippen LogP contribution in [0.25, 0.3) is 0 Å². The Balaban J connectivity index is 1.79. The van der Waals surface area contributed by atoms with E-state index in [4.69, 9.17) is 0 Å². The van der Waals surface area contributed by atoms with Crippen LogP contribution in [0.1, 0.15) is 30.0 Å². The predicted octanol–water partition coefficient (Wildman–Crippen LogP) is 5.50. The molecule has 0 heterocycles. The molecule has 4 aromatic rings. The summed E-state index contributed by atoms with van der Waals surface area (Å²) in [6.07, 6.45) is 0.908. The van der Waals surface area contributed by atoms with E-state index in [0.717, 1.165) is 9.87 Å². The van der Waals surface area contributed by atoms with Gasteiger partial charge in [0.1, 0.15) is 18.4 Å². The van der Waals surface area contributed by atoms with Gasteiger partial charge < -0.3 is 10.2 Å². The Morgan fingerprint density at radius 1 is 0.814 bits per heavy atom. The Morgan fingerprint density at radius 3 is 2.05 bits per heavy atom. The molecule has 1 atom stereocenters. The first-order chi connectivity index (χ1) is 20.7. The van der Waals surface area contributed by atoms with Gasteiger partial charge in [0, 0.05) is 19.5 Å². The lowest BCUT2D eigenvalue weighted by Crippen LogP contribution is -2.53. The molecular weight excluding hydrogens is 565 g/mol. The largest absolute Gasteiger partial charge is 0.354 e. The molecule has 0 spiro atoms. The van der Waals surface area contributed by atoms with Gasteiger partial charge in [-0.15, -0.1) is 0 Å². The van der Waals surface area contributed by atoms with Crippen molar-refractivity contribution >= 4 is 27.5 Å². The van der Waals surface area contributed by atoms with E-state index in [1.54, 1.807) is 61.5 Å². The van der Waals surface area contributed by atoms with Gasteiger partial charge in [-0.2, -0.15) is 0 Å². The number of sulfonamides is 1. The second-order valence-corrected chi connectivity index (χ2v) is 12.1. The molecule has 0 aromatic heterocycles. The summed E-state index contributed by atoms with van der Waals surface area (Å²) in [7, 11) is -4.17. The van der Waals surface area contributed by atoms with Crippen molar-refractivity contribution < 1.29 is 22.4 Å². The molecule has 43 heavy (non-hydrogen) atoms. The van der Waals surface area contributed by atoms with E-state index in [-0.39, 0.29) is 23.8 Å². The number of nitrogens with one attached hydrogen (secondary N) is 1. The summed E-state index contributed by atoms with van der Waals surface area (Å²) < 4.78 is 42.9. The summed E-state index contributed by atoms with van der Waals surface area (Å²) in [5, 5.41) is 2.91. The van der Waals surface area contributed by atoms with Crippen LogP contribution in [-0.2, 0) is 32.6 Å². The molecule has 2 amide bonds. The molecule has 0 aliphatic heterocycles. The number of carbonyl (C=O) groups excluding carboxylic acids is 2. The van der Waals surface area contributed by atoms with Gasteiger partial charge in [0.05, 0.1) is 10.6 Å². The number of aryl methyl sites for hydroxylation is 1. The van der Waals surface area contributed by atoms with Gasteiger partial charge in [0.25, 0.3) is 10.0 Å². The molecular formula is C34H36FN3O4S. The Labute approximate surface area is 253 Å². The molecule has 0 radical (unpaired) electrons. The topological polar surface area (TPSA) is 86.8 Å². The summed E-state index contributed by atoms with van der Waals surface area (Å²) in [5.74, 6) is -1.35. The summed E-state index contributed by atoms with van der Waals surface area (Å²) in [6.45, 7) is 3.56. The first-order valence-corrected chi connectivity index (χ1v) is 15.6. The number of benzene rings is 4. The fraction of sp³-hybridized carbons (Fsp3) is 0.235. The number of amides is 2. The first-order valence-electron chi connectivity index (χ1n) is 14.2. The number of hydrogen-bond donors (Lipinski definition) is 1. The van der Waals surface area contributed by atoms with Gasteiger partial charge in [-0.25, -0.2) is 12.8 Å². The smallest absolute Gasteiger partial charge is 0.264 e. The Morgan fingerprint density at radius 2 is 1.42 bits per heavy atom. The molecule has 0 saturated heterocycles. The minimum absolute atomic E-state index is 0.0246. The SMILES string of the molecule is CCCNC(=O)C(Cc1ccccc1)N(Cc1ccc(F)cc1)C(=O)CN(c1ccccc1C)S(=O)(=O)c1ccccc1. The second-order valence-electron chi connectivity index (χ2n) is 10.3. The fourth-order valence-electron chi connectivity index (χ4n) is 4.78. The number of carbonyl (C=O) groups is 2. The lowest BCUT2D eigenvalue weighted by molar-refractivity contribution is -0.140. The molecule has 0 saturated carbocycles. The monoisotopic (exact) mass is 601 g/mol. The third kappa shape index (κ3) is 8.08. The minimum Gasteiger partial charge on any atom is -0.354 e. The molecule has 1 N–H and O–H groups in total. The average molecular weight is 602 g/mol. The van der Waals surface area contributed by atoms with Gasteiger partial charge in [-0.1, -0.05) is 85.8 Å². The molecule has 0 aliphatic carbocycles. The minimum atomic E-state index is -4.17.